The Labute approximate surface area is 126 Å². The van der Waals surface area contributed by atoms with Gasteiger partial charge in [-0.2, -0.15) is 0 Å². The third-order valence-corrected chi connectivity index (χ3v) is 4.14. The fourth-order valence-electron chi connectivity index (χ4n) is 2.28. The highest BCUT2D eigenvalue weighted by molar-refractivity contribution is 7.99. The van der Waals surface area contributed by atoms with Crippen LogP contribution >= 0.6 is 11.8 Å². The van der Waals surface area contributed by atoms with Crippen molar-refractivity contribution in [2.45, 2.75) is 10.1 Å². The van der Waals surface area contributed by atoms with Gasteiger partial charge in [-0.05, 0) is 24.3 Å². The van der Waals surface area contributed by atoms with Gasteiger partial charge in [0.1, 0.15) is 10.1 Å². The number of fused-ring (bicyclic) bond motifs is 3. The van der Waals surface area contributed by atoms with Crippen LogP contribution in [0.1, 0.15) is 0 Å². The second kappa shape index (κ2) is 5.14. The van der Waals surface area contributed by atoms with Crippen LogP contribution in [0.25, 0.3) is 21.8 Å². The van der Waals surface area contributed by atoms with Gasteiger partial charge < -0.3 is 0 Å². The first-order chi connectivity index (χ1) is 10.4. The normalized spacial score (nSPS) is 11.0. The average molecular weight is 289 g/mol. The zero-order valence-corrected chi connectivity index (χ0v) is 11.9. The van der Waals surface area contributed by atoms with Crippen molar-refractivity contribution in [2.24, 2.45) is 0 Å². The first-order valence-corrected chi connectivity index (χ1v) is 7.45. The largest absolute Gasteiger partial charge is 0.254 e. The Balaban J connectivity index is 1.86. The highest BCUT2D eigenvalue weighted by atomic mass is 32.2. The minimum absolute atomic E-state index is 0.930. The van der Waals surface area contributed by atoms with Crippen molar-refractivity contribution in [3.63, 3.8) is 0 Å². The molecule has 0 fully saturated rings. The van der Waals surface area contributed by atoms with Crippen molar-refractivity contribution in [3.8, 4) is 0 Å². The van der Waals surface area contributed by atoms with E-state index in [9.17, 15) is 0 Å². The number of aromatic nitrogens is 3. The van der Waals surface area contributed by atoms with Gasteiger partial charge in [0.05, 0.1) is 11.0 Å². The maximum Gasteiger partial charge on any atom is 0.103 e. The van der Waals surface area contributed by atoms with E-state index >= 15 is 0 Å². The molecule has 0 unspecified atom stereocenters. The molecule has 21 heavy (non-hydrogen) atoms. The number of benzene rings is 1. The lowest BCUT2D eigenvalue weighted by atomic mass is 10.1. The number of nitrogens with zero attached hydrogens (tertiary/aromatic N) is 3. The predicted molar refractivity (Wildman–Crippen MR) is 85.4 cm³/mol. The Kier molecular flexibility index (Phi) is 3.01. The standard InChI is InChI=1S/C17H11N3S/c1-2-10-18-14(5-1)21-15-9-8-13-7-6-12-4-3-11-19-16(12)17(13)20-15/h1-11H. The number of rotatable bonds is 2. The topological polar surface area (TPSA) is 38.7 Å². The van der Waals surface area contributed by atoms with Crippen molar-refractivity contribution < 1.29 is 0 Å². The van der Waals surface area contributed by atoms with Crippen LogP contribution in [0.4, 0.5) is 0 Å². The van der Waals surface area contributed by atoms with Crippen molar-refractivity contribution >= 4 is 33.6 Å². The Morgan fingerprint density at radius 1 is 0.619 bits per heavy atom. The van der Waals surface area contributed by atoms with E-state index in [-0.39, 0.29) is 0 Å². The van der Waals surface area contributed by atoms with E-state index in [0.717, 1.165) is 31.9 Å². The fraction of sp³-hybridized carbons (Fsp3) is 0. The lowest BCUT2D eigenvalue weighted by Crippen LogP contribution is -1.87. The van der Waals surface area contributed by atoms with Crippen LogP contribution in [0.2, 0.25) is 0 Å². The first kappa shape index (κ1) is 12.3. The van der Waals surface area contributed by atoms with E-state index in [0.29, 0.717) is 0 Å². The van der Waals surface area contributed by atoms with Gasteiger partial charge in [-0.15, -0.1) is 0 Å². The molecular formula is C17H11N3S. The molecule has 0 atom stereocenters. The Bertz CT molecular complexity index is 923. The molecule has 0 saturated heterocycles. The molecule has 3 aromatic heterocycles. The third-order valence-electron chi connectivity index (χ3n) is 3.25. The fourth-order valence-corrected chi connectivity index (χ4v) is 3.02. The smallest absolute Gasteiger partial charge is 0.103 e. The van der Waals surface area contributed by atoms with Gasteiger partial charge in [-0.3, -0.25) is 4.98 Å². The van der Waals surface area contributed by atoms with Gasteiger partial charge in [0, 0.05) is 23.2 Å². The van der Waals surface area contributed by atoms with Crippen LogP contribution in [0.5, 0.6) is 0 Å². The van der Waals surface area contributed by atoms with Crippen LogP contribution < -0.4 is 0 Å². The second-order valence-corrected chi connectivity index (χ2v) is 5.67. The van der Waals surface area contributed by atoms with E-state index in [1.807, 2.05) is 36.5 Å². The molecule has 0 radical (unpaired) electrons. The van der Waals surface area contributed by atoms with E-state index < -0.39 is 0 Å². The van der Waals surface area contributed by atoms with E-state index in [2.05, 4.69) is 34.2 Å². The van der Waals surface area contributed by atoms with Gasteiger partial charge in [-0.25, -0.2) is 9.97 Å². The molecule has 0 aliphatic carbocycles. The molecule has 0 spiro atoms. The molecule has 0 N–H and O–H groups in total. The zero-order chi connectivity index (χ0) is 14.1. The van der Waals surface area contributed by atoms with Crippen LogP contribution in [0.15, 0.2) is 77.0 Å². The highest BCUT2D eigenvalue weighted by Crippen LogP contribution is 2.28. The lowest BCUT2D eigenvalue weighted by Gasteiger charge is -2.05. The third kappa shape index (κ3) is 2.34. The zero-order valence-electron chi connectivity index (χ0n) is 11.1. The van der Waals surface area contributed by atoms with E-state index in [1.54, 1.807) is 18.0 Å². The summed E-state index contributed by atoms with van der Waals surface area (Å²) in [5.74, 6) is 0. The predicted octanol–water partition coefficient (Wildman–Crippen LogP) is 4.33. The number of hydrogen-bond acceptors (Lipinski definition) is 4. The van der Waals surface area contributed by atoms with Gasteiger partial charge in [0.15, 0.2) is 0 Å². The molecule has 0 amide bonds. The molecule has 4 heteroatoms. The van der Waals surface area contributed by atoms with Crippen LogP contribution in [-0.2, 0) is 0 Å². The van der Waals surface area contributed by atoms with Crippen LogP contribution in [0.3, 0.4) is 0 Å². The molecule has 0 aliphatic rings. The molecule has 0 aliphatic heterocycles. The molecular weight excluding hydrogens is 278 g/mol. The maximum absolute atomic E-state index is 4.76. The monoisotopic (exact) mass is 289 g/mol. The van der Waals surface area contributed by atoms with Crippen molar-refractivity contribution in [1.29, 1.82) is 0 Å². The summed E-state index contributed by atoms with van der Waals surface area (Å²) in [4.78, 5) is 13.6. The minimum atomic E-state index is 0.930. The second-order valence-electron chi connectivity index (χ2n) is 4.63. The molecule has 3 heterocycles. The van der Waals surface area contributed by atoms with Gasteiger partial charge >= 0.3 is 0 Å². The van der Waals surface area contributed by atoms with Crippen molar-refractivity contribution in [3.05, 3.63) is 67.0 Å². The minimum Gasteiger partial charge on any atom is -0.254 e. The van der Waals surface area contributed by atoms with E-state index in [1.165, 1.54) is 0 Å². The molecule has 0 bridgehead atoms. The average Bonchev–Trinajstić information content (AvgIpc) is 2.56. The van der Waals surface area contributed by atoms with Crippen molar-refractivity contribution in [2.75, 3.05) is 0 Å². The SMILES string of the molecule is c1ccc(Sc2ccc3ccc4cccnc4c3n2)nc1. The summed E-state index contributed by atoms with van der Waals surface area (Å²) in [6, 6.07) is 18.2. The number of pyridine rings is 3. The van der Waals surface area contributed by atoms with Crippen LogP contribution in [0, 0.1) is 0 Å². The van der Waals surface area contributed by atoms with Gasteiger partial charge in [0.25, 0.3) is 0 Å². The number of hydrogen-bond donors (Lipinski definition) is 0. The Morgan fingerprint density at radius 3 is 2.29 bits per heavy atom. The molecule has 4 aromatic rings. The first-order valence-electron chi connectivity index (χ1n) is 6.63. The van der Waals surface area contributed by atoms with E-state index in [4.69, 9.17) is 4.98 Å². The Morgan fingerprint density at radius 2 is 1.43 bits per heavy atom. The van der Waals surface area contributed by atoms with Crippen LogP contribution in [-0.4, -0.2) is 15.0 Å². The maximum atomic E-state index is 4.76. The molecule has 3 nitrogen and oxygen atoms in total. The van der Waals surface area contributed by atoms with Gasteiger partial charge in [0.2, 0.25) is 0 Å². The summed E-state index contributed by atoms with van der Waals surface area (Å²) in [5, 5.41) is 4.08. The summed E-state index contributed by atoms with van der Waals surface area (Å²) in [6.45, 7) is 0. The Hall–Kier alpha value is -2.46. The summed E-state index contributed by atoms with van der Waals surface area (Å²) in [6.07, 6.45) is 3.60. The molecule has 0 saturated carbocycles. The van der Waals surface area contributed by atoms with Gasteiger partial charge in [-0.1, -0.05) is 42.1 Å². The molecule has 1 aromatic carbocycles. The van der Waals surface area contributed by atoms with Crippen molar-refractivity contribution in [1.82, 2.24) is 15.0 Å². The quantitative estimate of drug-likeness (QED) is 0.515. The summed E-state index contributed by atoms with van der Waals surface area (Å²) in [7, 11) is 0. The lowest BCUT2D eigenvalue weighted by molar-refractivity contribution is 1.11. The summed E-state index contributed by atoms with van der Waals surface area (Å²) >= 11 is 1.56. The highest BCUT2D eigenvalue weighted by Gasteiger charge is 2.05. The molecule has 100 valence electrons. The summed E-state index contributed by atoms with van der Waals surface area (Å²) < 4.78 is 0. The molecule has 4 rings (SSSR count). The summed E-state index contributed by atoms with van der Waals surface area (Å²) in [5.41, 5.74) is 1.88.